The van der Waals surface area contributed by atoms with E-state index in [9.17, 15) is 12.8 Å². The van der Waals surface area contributed by atoms with Crippen LogP contribution in [0.2, 0.25) is 0 Å². The molecular formula is C23H25FN4O4S. The highest BCUT2D eigenvalue weighted by atomic mass is 32.2. The number of ether oxygens (including phenoxy) is 1. The molecule has 1 saturated carbocycles. The third-order valence-corrected chi connectivity index (χ3v) is 8.18. The number of piperazine rings is 1. The van der Waals surface area contributed by atoms with Crippen LogP contribution in [-0.2, 0) is 15.4 Å². The summed E-state index contributed by atoms with van der Waals surface area (Å²) in [7, 11) is -3.59. The standard InChI is InChI=1S/C23H25FN4O4S/c1-2-31-19-7-9-20(10-8-19)33(29,30)28-15-13-27(14-16-28)22-25-21(26-32-22)23(11-12-23)17-3-5-18(24)6-4-17/h3-10H,2,11-16H2,1H3. The van der Waals surface area contributed by atoms with Crippen molar-refractivity contribution in [3.63, 3.8) is 0 Å². The molecule has 3 aromatic rings. The Morgan fingerprint density at radius 2 is 1.70 bits per heavy atom. The largest absolute Gasteiger partial charge is 0.494 e. The first-order valence-corrected chi connectivity index (χ1v) is 12.4. The molecule has 5 rings (SSSR count). The number of anilines is 1. The Hall–Kier alpha value is -2.98. The minimum atomic E-state index is -3.59. The summed E-state index contributed by atoms with van der Waals surface area (Å²) in [4.78, 5) is 6.76. The Morgan fingerprint density at radius 1 is 1.03 bits per heavy atom. The van der Waals surface area contributed by atoms with E-state index in [1.165, 1.54) is 16.4 Å². The van der Waals surface area contributed by atoms with Crippen LogP contribution < -0.4 is 9.64 Å². The van der Waals surface area contributed by atoms with E-state index in [1.54, 1.807) is 36.4 Å². The number of benzene rings is 2. The van der Waals surface area contributed by atoms with Crippen molar-refractivity contribution in [3.05, 3.63) is 65.7 Å². The molecule has 10 heteroatoms. The topological polar surface area (TPSA) is 88.8 Å². The van der Waals surface area contributed by atoms with Gasteiger partial charge < -0.3 is 14.2 Å². The Labute approximate surface area is 192 Å². The third-order valence-electron chi connectivity index (χ3n) is 6.27. The van der Waals surface area contributed by atoms with Crippen LogP contribution in [0.1, 0.15) is 31.2 Å². The van der Waals surface area contributed by atoms with Crippen LogP contribution in [0.3, 0.4) is 0 Å². The van der Waals surface area contributed by atoms with Crippen LogP contribution in [0.5, 0.6) is 5.75 Å². The lowest BCUT2D eigenvalue weighted by atomic mass is 9.95. The Morgan fingerprint density at radius 3 is 2.30 bits per heavy atom. The van der Waals surface area contributed by atoms with E-state index < -0.39 is 10.0 Å². The van der Waals surface area contributed by atoms with Crippen LogP contribution in [0.4, 0.5) is 10.4 Å². The van der Waals surface area contributed by atoms with E-state index >= 15 is 0 Å². The molecule has 1 aromatic heterocycles. The summed E-state index contributed by atoms with van der Waals surface area (Å²) in [6, 6.07) is 13.3. The lowest BCUT2D eigenvalue weighted by Crippen LogP contribution is -2.48. The van der Waals surface area contributed by atoms with Crippen molar-refractivity contribution >= 4 is 16.0 Å². The van der Waals surface area contributed by atoms with Gasteiger partial charge in [-0.15, -0.1) is 0 Å². The van der Waals surface area contributed by atoms with E-state index in [4.69, 9.17) is 9.26 Å². The quantitative estimate of drug-likeness (QED) is 0.522. The fourth-order valence-corrected chi connectivity index (χ4v) is 5.64. The van der Waals surface area contributed by atoms with Crippen LogP contribution in [-0.4, -0.2) is 55.6 Å². The van der Waals surface area contributed by atoms with Gasteiger partial charge in [-0.2, -0.15) is 9.29 Å². The molecule has 2 heterocycles. The molecular weight excluding hydrogens is 447 g/mol. The first-order chi connectivity index (χ1) is 15.9. The molecule has 2 fully saturated rings. The minimum Gasteiger partial charge on any atom is -0.494 e. The fraction of sp³-hybridized carbons (Fsp3) is 0.391. The average molecular weight is 473 g/mol. The van der Waals surface area contributed by atoms with Gasteiger partial charge in [0.1, 0.15) is 11.6 Å². The Bertz CT molecular complexity index is 1220. The number of nitrogens with zero attached hydrogens (tertiary/aromatic N) is 4. The van der Waals surface area contributed by atoms with Gasteiger partial charge in [-0.3, -0.25) is 0 Å². The summed E-state index contributed by atoms with van der Waals surface area (Å²) in [6.07, 6.45) is 1.76. The zero-order valence-corrected chi connectivity index (χ0v) is 19.1. The minimum absolute atomic E-state index is 0.245. The van der Waals surface area contributed by atoms with Gasteiger partial charge in [0, 0.05) is 26.2 Å². The summed E-state index contributed by atoms with van der Waals surface area (Å²) in [5, 5.41) is 4.20. The van der Waals surface area contributed by atoms with Crippen LogP contribution in [0.25, 0.3) is 0 Å². The highest BCUT2D eigenvalue weighted by molar-refractivity contribution is 7.89. The molecule has 174 valence electrons. The molecule has 0 unspecified atom stereocenters. The third kappa shape index (κ3) is 4.08. The molecule has 0 amide bonds. The average Bonchev–Trinajstić information content (AvgIpc) is 3.49. The van der Waals surface area contributed by atoms with Gasteiger partial charge in [0.15, 0.2) is 5.82 Å². The molecule has 8 nitrogen and oxygen atoms in total. The molecule has 0 radical (unpaired) electrons. The Kier molecular flexibility index (Phi) is 5.57. The number of halogens is 1. The van der Waals surface area contributed by atoms with Gasteiger partial charge in [-0.05, 0) is 61.7 Å². The maximum absolute atomic E-state index is 13.3. The van der Waals surface area contributed by atoms with Crippen molar-refractivity contribution in [3.8, 4) is 5.75 Å². The zero-order chi connectivity index (χ0) is 23.1. The number of rotatable bonds is 7. The van der Waals surface area contributed by atoms with E-state index in [0.717, 1.165) is 18.4 Å². The summed E-state index contributed by atoms with van der Waals surface area (Å²) in [5.41, 5.74) is 0.649. The Balaban J connectivity index is 1.25. The SMILES string of the molecule is CCOc1ccc(S(=O)(=O)N2CCN(c3nc(C4(c5ccc(F)cc5)CC4)no3)CC2)cc1. The molecule has 2 aliphatic rings. The summed E-state index contributed by atoms with van der Waals surface area (Å²) in [5.74, 6) is 0.956. The monoisotopic (exact) mass is 472 g/mol. The second kappa shape index (κ2) is 8.42. The zero-order valence-electron chi connectivity index (χ0n) is 18.3. The molecule has 0 spiro atoms. The summed E-state index contributed by atoms with van der Waals surface area (Å²) < 4.78 is 51.7. The molecule has 0 N–H and O–H groups in total. The smallest absolute Gasteiger partial charge is 0.324 e. The maximum atomic E-state index is 13.3. The number of hydrogen-bond acceptors (Lipinski definition) is 7. The lowest BCUT2D eigenvalue weighted by Gasteiger charge is -2.32. The molecule has 1 saturated heterocycles. The van der Waals surface area contributed by atoms with Gasteiger partial charge in [0.25, 0.3) is 0 Å². The van der Waals surface area contributed by atoms with Crippen molar-refractivity contribution in [2.45, 2.75) is 30.1 Å². The van der Waals surface area contributed by atoms with Crippen molar-refractivity contribution in [2.75, 3.05) is 37.7 Å². The first kappa shape index (κ1) is 21.8. The van der Waals surface area contributed by atoms with Crippen molar-refractivity contribution in [1.82, 2.24) is 14.4 Å². The van der Waals surface area contributed by atoms with Gasteiger partial charge in [0.2, 0.25) is 10.0 Å². The second-order valence-electron chi connectivity index (χ2n) is 8.29. The molecule has 1 aliphatic heterocycles. The lowest BCUT2D eigenvalue weighted by molar-refractivity contribution is 0.339. The highest BCUT2D eigenvalue weighted by Gasteiger charge is 2.50. The molecule has 0 atom stereocenters. The van der Waals surface area contributed by atoms with Gasteiger partial charge in [-0.1, -0.05) is 17.3 Å². The van der Waals surface area contributed by atoms with Crippen molar-refractivity contribution < 1.29 is 22.1 Å². The first-order valence-electron chi connectivity index (χ1n) is 11.0. The predicted molar refractivity (Wildman–Crippen MR) is 119 cm³/mol. The normalized spacial score (nSPS) is 18.3. The predicted octanol–water partition coefficient (Wildman–Crippen LogP) is 3.20. The fourth-order valence-electron chi connectivity index (χ4n) is 4.22. The van der Waals surface area contributed by atoms with Gasteiger partial charge in [0.05, 0.1) is 16.9 Å². The summed E-state index contributed by atoms with van der Waals surface area (Å²) >= 11 is 0. The number of hydrogen-bond donors (Lipinski definition) is 0. The van der Waals surface area contributed by atoms with Crippen molar-refractivity contribution in [2.24, 2.45) is 0 Å². The summed E-state index contributed by atoms with van der Waals surface area (Å²) in [6.45, 7) is 3.93. The van der Waals surface area contributed by atoms with Crippen LogP contribution >= 0.6 is 0 Å². The van der Waals surface area contributed by atoms with E-state index in [2.05, 4.69) is 10.1 Å². The second-order valence-corrected chi connectivity index (χ2v) is 10.2. The van der Waals surface area contributed by atoms with E-state index in [1.807, 2.05) is 11.8 Å². The molecule has 2 aromatic carbocycles. The molecule has 0 bridgehead atoms. The number of sulfonamides is 1. The highest BCUT2D eigenvalue weighted by Crippen LogP contribution is 2.52. The molecule has 1 aliphatic carbocycles. The van der Waals surface area contributed by atoms with Crippen LogP contribution in [0.15, 0.2) is 57.9 Å². The van der Waals surface area contributed by atoms with E-state index in [-0.39, 0.29) is 16.1 Å². The van der Waals surface area contributed by atoms with Crippen LogP contribution in [0, 0.1) is 5.82 Å². The van der Waals surface area contributed by atoms with Gasteiger partial charge >= 0.3 is 6.01 Å². The maximum Gasteiger partial charge on any atom is 0.324 e. The van der Waals surface area contributed by atoms with E-state index in [0.29, 0.717) is 50.4 Å². The van der Waals surface area contributed by atoms with Gasteiger partial charge in [-0.25, -0.2) is 12.8 Å². The molecule has 33 heavy (non-hydrogen) atoms. The van der Waals surface area contributed by atoms with Crippen molar-refractivity contribution in [1.29, 1.82) is 0 Å². The number of aromatic nitrogens is 2.